The van der Waals surface area contributed by atoms with Crippen molar-refractivity contribution in [3.05, 3.63) is 59.5 Å². The van der Waals surface area contributed by atoms with E-state index >= 15 is 0 Å². The van der Waals surface area contributed by atoms with Crippen molar-refractivity contribution in [3.63, 3.8) is 0 Å². The summed E-state index contributed by atoms with van der Waals surface area (Å²) >= 11 is 0. The highest BCUT2D eigenvalue weighted by Crippen LogP contribution is 2.46. The van der Waals surface area contributed by atoms with Gasteiger partial charge in [-0.05, 0) is 62.3 Å². The van der Waals surface area contributed by atoms with Crippen molar-refractivity contribution in [2.75, 3.05) is 4.90 Å². The first-order chi connectivity index (χ1) is 18.7. The molecule has 11 heteroatoms. The highest BCUT2D eigenvalue weighted by Gasteiger charge is 2.42. The van der Waals surface area contributed by atoms with Gasteiger partial charge in [0.2, 0.25) is 0 Å². The van der Waals surface area contributed by atoms with Crippen LogP contribution in [0.2, 0.25) is 0 Å². The van der Waals surface area contributed by atoms with E-state index in [9.17, 15) is 18.0 Å². The number of carbonyl (C=O) groups is 1. The predicted octanol–water partition coefficient (Wildman–Crippen LogP) is 5.86. The number of para-hydroxylation sites is 1. The molecule has 0 amide bonds. The Balaban J connectivity index is 1.17. The molecule has 1 saturated carbocycles. The zero-order chi connectivity index (χ0) is 27.1. The molecule has 0 spiro atoms. The van der Waals surface area contributed by atoms with Crippen LogP contribution in [-0.2, 0) is 22.6 Å². The molecule has 3 fully saturated rings. The number of halogens is 3. The number of carboxylic acid groups (broad SMARTS) is 1. The van der Waals surface area contributed by atoms with E-state index in [1.165, 1.54) is 12.1 Å². The van der Waals surface area contributed by atoms with Gasteiger partial charge in [0.05, 0.1) is 19.1 Å². The molecule has 3 atom stereocenters. The van der Waals surface area contributed by atoms with Crippen molar-refractivity contribution >= 4 is 11.8 Å². The predicted molar refractivity (Wildman–Crippen MR) is 133 cm³/mol. The molecule has 3 aliphatic rings. The Kier molecular flexibility index (Phi) is 6.70. The molecule has 39 heavy (non-hydrogen) atoms. The molecule has 2 aliphatic heterocycles. The van der Waals surface area contributed by atoms with Crippen LogP contribution < -0.4 is 9.64 Å². The molecule has 0 radical (unpaired) electrons. The number of piperidine rings is 1. The van der Waals surface area contributed by atoms with Crippen molar-refractivity contribution in [1.82, 2.24) is 10.1 Å². The smallest absolute Gasteiger partial charge is 0.481 e. The van der Waals surface area contributed by atoms with Gasteiger partial charge in [-0.1, -0.05) is 23.4 Å². The zero-order valence-electron chi connectivity index (χ0n) is 21.1. The highest BCUT2D eigenvalue weighted by molar-refractivity contribution is 5.71. The van der Waals surface area contributed by atoms with Gasteiger partial charge in [-0.15, -0.1) is 13.2 Å². The molecule has 6 rings (SSSR count). The topological polar surface area (TPSA) is 97.9 Å². The van der Waals surface area contributed by atoms with Gasteiger partial charge >= 0.3 is 12.3 Å². The van der Waals surface area contributed by atoms with E-state index in [0.29, 0.717) is 22.6 Å². The minimum atomic E-state index is -4.82. The standard InChI is InChI=1S/C28H28F3N3O5/c29-28(30,31)38-23-4-2-1-3-21(23)26-22(27(39-33-26)17-6-7-17)15-37-20-12-18-8-9-19(13-20)34(18)24-10-5-16(14-32-24)11-25(35)36/h1-5,10,14,17-20H,6-9,11-13,15H2,(H,35,36)/t18-,19?,20?/m0/s1. The van der Waals surface area contributed by atoms with Crippen LogP contribution in [0.3, 0.4) is 0 Å². The van der Waals surface area contributed by atoms with E-state index in [1.807, 2.05) is 12.1 Å². The summed E-state index contributed by atoms with van der Waals surface area (Å²) in [7, 11) is 0. The lowest BCUT2D eigenvalue weighted by Gasteiger charge is -2.39. The molecule has 2 unspecified atom stereocenters. The molecule has 2 saturated heterocycles. The molecule has 1 aromatic carbocycles. The third-order valence-electron chi connectivity index (χ3n) is 7.72. The first-order valence-corrected chi connectivity index (χ1v) is 13.2. The summed E-state index contributed by atoms with van der Waals surface area (Å²) in [6.45, 7) is 0.192. The number of ether oxygens (including phenoxy) is 2. The van der Waals surface area contributed by atoms with Crippen LogP contribution in [0.15, 0.2) is 47.1 Å². The maximum Gasteiger partial charge on any atom is 0.573 e. The molecular formula is C28H28F3N3O5. The Bertz CT molecular complexity index is 1320. The zero-order valence-corrected chi connectivity index (χ0v) is 21.1. The van der Waals surface area contributed by atoms with Gasteiger partial charge in [0.15, 0.2) is 0 Å². The first kappa shape index (κ1) is 25.7. The van der Waals surface area contributed by atoms with Gasteiger partial charge in [0.1, 0.15) is 23.0 Å². The fraction of sp³-hybridized carbons (Fsp3) is 0.464. The van der Waals surface area contributed by atoms with Crippen molar-refractivity contribution < 1.29 is 37.1 Å². The average Bonchev–Trinajstić information content (AvgIpc) is 3.59. The van der Waals surface area contributed by atoms with Crippen LogP contribution in [0.5, 0.6) is 5.75 Å². The van der Waals surface area contributed by atoms with E-state index in [2.05, 4.69) is 19.8 Å². The number of pyridine rings is 1. The second-order valence-electron chi connectivity index (χ2n) is 10.5. The molecule has 206 valence electrons. The second kappa shape index (κ2) is 10.2. The molecule has 2 aromatic heterocycles. The van der Waals surface area contributed by atoms with Crippen LogP contribution in [-0.4, -0.2) is 45.8 Å². The monoisotopic (exact) mass is 543 g/mol. The van der Waals surface area contributed by atoms with Gasteiger partial charge in [0.25, 0.3) is 0 Å². The number of fused-ring (bicyclic) bond motifs is 2. The number of aromatic nitrogens is 2. The Morgan fingerprint density at radius 1 is 1.08 bits per heavy atom. The lowest BCUT2D eigenvalue weighted by molar-refractivity contribution is -0.274. The Labute approximate surface area is 222 Å². The number of alkyl halides is 3. The lowest BCUT2D eigenvalue weighted by Crippen LogP contribution is -2.46. The normalized spacial score (nSPS) is 22.7. The van der Waals surface area contributed by atoms with Crippen LogP contribution in [0.1, 0.15) is 61.3 Å². The summed E-state index contributed by atoms with van der Waals surface area (Å²) in [6, 6.07) is 10.1. The number of nitrogens with zero attached hydrogens (tertiary/aromatic N) is 3. The fourth-order valence-electron chi connectivity index (χ4n) is 5.90. The summed E-state index contributed by atoms with van der Waals surface area (Å²) in [5.74, 6) is 0.509. The van der Waals surface area contributed by atoms with Crippen molar-refractivity contribution in [2.45, 2.75) is 82.0 Å². The molecule has 2 bridgehead atoms. The Morgan fingerprint density at radius 2 is 1.82 bits per heavy atom. The first-order valence-electron chi connectivity index (χ1n) is 13.2. The molecule has 8 nitrogen and oxygen atoms in total. The summed E-state index contributed by atoms with van der Waals surface area (Å²) in [6.07, 6.45) is 2.22. The van der Waals surface area contributed by atoms with Crippen molar-refractivity contribution in [1.29, 1.82) is 0 Å². The molecule has 1 N–H and O–H groups in total. The SMILES string of the molecule is O=C(O)Cc1ccc(N2C3CC[C@H]2CC(OCc2c(-c4ccccc4OC(F)(F)F)noc2C2CC2)C3)nc1. The number of benzene rings is 1. The average molecular weight is 544 g/mol. The van der Waals surface area contributed by atoms with Gasteiger partial charge in [-0.25, -0.2) is 4.98 Å². The van der Waals surface area contributed by atoms with Crippen molar-refractivity contribution in [3.8, 4) is 17.0 Å². The maximum absolute atomic E-state index is 13.1. The Hall–Kier alpha value is -3.60. The Morgan fingerprint density at radius 3 is 2.46 bits per heavy atom. The van der Waals surface area contributed by atoms with E-state index in [4.69, 9.17) is 14.4 Å². The fourth-order valence-corrected chi connectivity index (χ4v) is 5.90. The van der Waals surface area contributed by atoms with E-state index < -0.39 is 12.3 Å². The largest absolute Gasteiger partial charge is 0.573 e. The second-order valence-corrected chi connectivity index (χ2v) is 10.5. The van der Waals surface area contributed by atoms with Gasteiger partial charge in [-0.3, -0.25) is 4.79 Å². The van der Waals surface area contributed by atoms with Crippen LogP contribution in [0.4, 0.5) is 19.0 Å². The summed E-state index contributed by atoms with van der Waals surface area (Å²) in [5.41, 5.74) is 1.88. The number of hydrogen-bond donors (Lipinski definition) is 1. The van der Waals surface area contributed by atoms with E-state index in [0.717, 1.165) is 44.3 Å². The molecule has 4 heterocycles. The number of anilines is 1. The van der Waals surface area contributed by atoms with Crippen LogP contribution >= 0.6 is 0 Å². The van der Waals surface area contributed by atoms with Crippen molar-refractivity contribution in [2.24, 2.45) is 0 Å². The summed E-state index contributed by atoms with van der Waals surface area (Å²) in [4.78, 5) is 17.8. The van der Waals surface area contributed by atoms with E-state index in [1.54, 1.807) is 18.3 Å². The number of hydrogen-bond acceptors (Lipinski definition) is 7. The lowest BCUT2D eigenvalue weighted by atomic mass is 9.99. The van der Waals surface area contributed by atoms with Gasteiger partial charge in [-0.2, -0.15) is 0 Å². The third-order valence-corrected chi connectivity index (χ3v) is 7.72. The third kappa shape index (κ3) is 5.59. The molecule has 1 aliphatic carbocycles. The maximum atomic E-state index is 13.1. The molecule has 3 aromatic rings. The number of carboxylic acids is 1. The minimum absolute atomic E-state index is 0.0264. The van der Waals surface area contributed by atoms with Crippen LogP contribution in [0, 0.1) is 0 Å². The van der Waals surface area contributed by atoms with E-state index in [-0.39, 0.29) is 48.4 Å². The highest BCUT2D eigenvalue weighted by atomic mass is 19.4. The van der Waals surface area contributed by atoms with Gasteiger partial charge in [0, 0.05) is 35.3 Å². The summed E-state index contributed by atoms with van der Waals surface area (Å²) < 4.78 is 55.5. The molecular weight excluding hydrogens is 515 g/mol. The minimum Gasteiger partial charge on any atom is -0.481 e. The quantitative estimate of drug-likeness (QED) is 0.359. The van der Waals surface area contributed by atoms with Crippen LogP contribution in [0.25, 0.3) is 11.3 Å². The number of rotatable bonds is 9. The summed E-state index contributed by atoms with van der Waals surface area (Å²) in [5, 5.41) is 13.2. The number of aliphatic carboxylic acids is 1. The van der Waals surface area contributed by atoms with Gasteiger partial charge < -0.3 is 24.0 Å².